The molecule has 1 aliphatic heterocycles. The summed E-state index contributed by atoms with van der Waals surface area (Å²) in [5, 5.41) is 3.54. The normalized spacial score (nSPS) is 26.1. The van der Waals surface area contributed by atoms with E-state index in [0.29, 0.717) is 12.1 Å². The molecule has 0 bridgehead atoms. The lowest BCUT2D eigenvalue weighted by Crippen LogP contribution is -2.41. The van der Waals surface area contributed by atoms with E-state index in [4.69, 9.17) is 4.74 Å². The zero-order chi connectivity index (χ0) is 11.0. The van der Waals surface area contributed by atoms with Crippen molar-refractivity contribution < 1.29 is 4.74 Å². The number of ether oxygens (including phenoxy) is 1. The number of rotatable bonds is 1. The largest absolute Gasteiger partial charge is 0.378 e. The zero-order valence-electron chi connectivity index (χ0n) is 9.14. The van der Waals surface area contributed by atoms with Gasteiger partial charge in [-0.2, -0.15) is 0 Å². The Balaban J connectivity index is 1.92. The highest BCUT2D eigenvalue weighted by Crippen LogP contribution is 2.24. The monoisotopic (exact) mass is 234 g/mol. The third-order valence-corrected chi connectivity index (χ3v) is 3.70. The minimum Gasteiger partial charge on any atom is -0.378 e. The highest BCUT2D eigenvalue weighted by Gasteiger charge is 2.20. The third-order valence-electron chi connectivity index (χ3n) is 2.89. The van der Waals surface area contributed by atoms with Crippen molar-refractivity contribution in [1.82, 2.24) is 10.3 Å². The molecule has 0 radical (unpaired) electrons. The van der Waals surface area contributed by atoms with Gasteiger partial charge >= 0.3 is 0 Å². The number of morpholine rings is 1. The Kier molecular flexibility index (Phi) is 2.63. The van der Waals surface area contributed by atoms with Crippen LogP contribution in [0.1, 0.15) is 18.5 Å². The lowest BCUT2D eigenvalue weighted by Gasteiger charge is -2.29. The first-order chi connectivity index (χ1) is 7.83. The van der Waals surface area contributed by atoms with E-state index in [-0.39, 0.29) is 0 Å². The van der Waals surface area contributed by atoms with E-state index < -0.39 is 0 Å². The molecular weight excluding hydrogens is 220 g/mol. The summed E-state index contributed by atoms with van der Waals surface area (Å²) in [5.74, 6) is 0. The third kappa shape index (κ3) is 1.84. The Morgan fingerprint density at radius 2 is 2.38 bits per heavy atom. The summed E-state index contributed by atoms with van der Waals surface area (Å²) in [6.45, 7) is 3.70. The first kappa shape index (κ1) is 10.2. The highest BCUT2D eigenvalue weighted by atomic mass is 32.1. The topological polar surface area (TPSA) is 34.1 Å². The van der Waals surface area contributed by atoms with Crippen molar-refractivity contribution >= 4 is 21.6 Å². The molecule has 0 saturated carbocycles. The van der Waals surface area contributed by atoms with E-state index in [9.17, 15) is 0 Å². The van der Waals surface area contributed by atoms with Crippen LogP contribution in [0.3, 0.4) is 0 Å². The number of benzene rings is 1. The molecule has 1 N–H and O–H groups in total. The number of fused-ring (bicyclic) bond motifs is 1. The van der Waals surface area contributed by atoms with Gasteiger partial charge in [0.05, 0.1) is 35.0 Å². The molecule has 1 aliphatic rings. The van der Waals surface area contributed by atoms with E-state index >= 15 is 0 Å². The van der Waals surface area contributed by atoms with Gasteiger partial charge in [-0.25, -0.2) is 4.98 Å². The average Bonchev–Trinajstić information content (AvgIpc) is 2.75. The number of thiazole rings is 1. The molecule has 4 heteroatoms. The standard InChI is InChI=1S/C12H14N2OS/c1-8-5-15-6-11(14-8)9-2-3-12-10(4-9)13-7-16-12/h2-4,7-8,11,14H,5-6H2,1H3. The molecule has 1 saturated heterocycles. The van der Waals surface area contributed by atoms with E-state index in [1.54, 1.807) is 11.3 Å². The van der Waals surface area contributed by atoms with Gasteiger partial charge in [-0.15, -0.1) is 11.3 Å². The van der Waals surface area contributed by atoms with Crippen LogP contribution >= 0.6 is 11.3 Å². The Morgan fingerprint density at radius 3 is 3.25 bits per heavy atom. The molecule has 0 amide bonds. The van der Waals surface area contributed by atoms with Crippen LogP contribution < -0.4 is 5.32 Å². The maximum Gasteiger partial charge on any atom is 0.0815 e. The molecule has 2 heterocycles. The van der Waals surface area contributed by atoms with E-state index in [1.807, 2.05) is 5.51 Å². The van der Waals surface area contributed by atoms with Gasteiger partial charge in [0, 0.05) is 6.04 Å². The van der Waals surface area contributed by atoms with Gasteiger partial charge in [-0.3, -0.25) is 0 Å². The second kappa shape index (κ2) is 4.13. The summed E-state index contributed by atoms with van der Waals surface area (Å²) in [6, 6.07) is 7.19. The molecule has 1 aromatic heterocycles. The SMILES string of the molecule is CC1COCC(c2ccc3scnc3c2)N1. The molecule has 2 unspecified atom stereocenters. The minimum absolute atomic E-state index is 0.301. The van der Waals surface area contributed by atoms with Crippen molar-refractivity contribution in [1.29, 1.82) is 0 Å². The molecule has 0 aliphatic carbocycles. The van der Waals surface area contributed by atoms with Gasteiger partial charge in [0.1, 0.15) is 0 Å². The van der Waals surface area contributed by atoms with Crippen molar-refractivity contribution in [3.05, 3.63) is 29.3 Å². The second-order valence-electron chi connectivity index (χ2n) is 4.24. The number of nitrogens with one attached hydrogen (secondary N) is 1. The van der Waals surface area contributed by atoms with Crippen molar-refractivity contribution in [2.75, 3.05) is 13.2 Å². The van der Waals surface area contributed by atoms with Crippen LogP contribution in [0.2, 0.25) is 0 Å². The summed E-state index contributed by atoms with van der Waals surface area (Å²) >= 11 is 1.68. The first-order valence-corrected chi connectivity index (χ1v) is 6.38. The Bertz CT molecular complexity index is 496. The number of aromatic nitrogens is 1. The average molecular weight is 234 g/mol. The molecule has 84 valence electrons. The molecule has 3 rings (SSSR count). The predicted molar refractivity (Wildman–Crippen MR) is 65.8 cm³/mol. The van der Waals surface area contributed by atoms with E-state index in [2.05, 4.69) is 35.4 Å². The number of hydrogen-bond donors (Lipinski definition) is 1. The minimum atomic E-state index is 0.301. The van der Waals surface area contributed by atoms with Gasteiger partial charge in [-0.05, 0) is 24.6 Å². The zero-order valence-corrected chi connectivity index (χ0v) is 9.96. The van der Waals surface area contributed by atoms with Gasteiger partial charge in [0.15, 0.2) is 0 Å². The van der Waals surface area contributed by atoms with Crippen LogP contribution in [0, 0.1) is 0 Å². The molecule has 16 heavy (non-hydrogen) atoms. The van der Waals surface area contributed by atoms with Crippen LogP contribution in [-0.2, 0) is 4.74 Å². The fourth-order valence-corrected chi connectivity index (χ4v) is 2.75. The van der Waals surface area contributed by atoms with Gasteiger partial charge < -0.3 is 10.1 Å². The summed E-state index contributed by atoms with van der Waals surface area (Å²) in [5.41, 5.74) is 4.24. The van der Waals surface area contributed by atoms with Crippen LogP contribution in [0.5, 0.6) is 0 Å². The molecule has 3 nitrogen and oxygen atoms in total. The molecule has 1 aromatic carbocycles. The van der Waals surface area contributed by atoms with E-state index in [0.717, 1.165) is 18.7 Å². The van der Waals surface area contributed by atoms with Crippen LogP contribution in [0.15, 0.2) is 23.7 Å². The Morgan fingerprint density at radius 1 is 1.44 bits per heavy atom. The maximum atomic E-state index is 5.56. The summed E-state index contributed by atoms with van der Waals surface area (Å²) in [7, 11) is 0. The molecular formula is C12H14N2OS. The van der Waals surface area contributed by atoms with Gasteiger partial charge in [-0.1, -0.05) is 6.07 Å². The van der Waals surface area contributed by atoms with Crippen LogP contribution in [-0.4, -0.2) is 24.2 Å². The lowest BCUT2D eigenvalue weighted by atomic mass is 10.1. The quantitative estimate of drug-likeness (QED) is 0.822. The summed E-state index contributed by atoms with van der Waals surface area (Å²) in [4.78, 5) is 4.34. The van der Waals surface area contributed by atoms with E-state index in [1.165, 1.54) is 10.3 Å². The highest BCUT2D eigenvalue weighted by molar-refractivity contribution is 7.16. The van der Waals surface area contributed by atoms with Gasteiger partial charge in [0.2, 0.25) is 0 Å². The maximum absolute atomic E-state index is 5.56. The fourth-order valence-electron chi connectivity index (χ4n) is 2.09. The lowest BCUT2D eigenvalue weighted by molar-refractivity contribution is 0.0504. The second-order valence-corrected chi connectivity index (χ2v) is 5.12. The molecule has 2 atom stereocenters. The first-order valence-electron chi connectivity index (χ1n) is 5.50. The van der Waals surface area contributed by atoms with Crippen molar-refractivity contribution in [3.8, 4) is 0 Å². The van der Waals surface area contributed by atoms with Crippen molar-refractivity contribution in [2.24, 2.45) is 0 Å². The predicted octanol–water partition coefficient (Wildman–Crippen LogP) is 2.35. The molecule has 0 spiro atoms. The van der Waals surface area contributed by atoms with Crippen molar-refractivity contribution in [2.45, 2.75) is 19.0 Å². The Labute approximate surface area is 98.5 Å². The molecule has 1 fully saturated rings. The Hall–Kier alpha value is -0.970. The van der Waals surface area contributed by atoms with Crippen molar-refractivity contribution in [3.63, 3.8) is 0 Å². The number of nitrogens with zero attached hydrogens (tertiary/aromatic N) is 1. The summed E-state index contributed by atoms with van der Waals surface area (Å²) in [6.07, 6.45) is 0. The number of hydrogen-bond acceptors (Lipinski definition) is 4. The van der Waals surface area contributed by atoms with Crippen LogP contribution in [0.25, 0.3) is 10.2 Å². The fraction of sp³-hybridized carbons (Fsp3) is 0.417. The molecule has 2 aromatic rings. The smallest absolute Gasteiger partial charge is 0.0815 e. The summed E-state index contributed by atoms with van der Waals surface area (Å²) < 4.78 is 6.81. The van der Waals surface area contributed by atoms with Crippen LogP contribution in [0.4, 0.5) is 0 Å². The van der Waals surface area contributed by atoms with Gasteiger partial charge in [0.25, 0.3) is 0 Å².